The first kappa shape index (κ1) is 20.3. The fraction of sp³-hybridized carbons (Fsp3) is 0.333. The summed E-state index contributed by atoms with van der Waals surface area (Å²) < 4.78 is 11.1. The van der Waals surface area contributed by atoms with Gasteiger partial charge in [-0.1, -0.05) is 30.4 Å². The zero-order valence-corrected chi connectivity index (χ0v) is 15.3. The number of aliphatic hydroxyl groups is 4. The van der Waals surface area contributed by atoms with Crippen molar-refractivity contribution in [3.63, 3.8) is 0 Å². The molecular weight excluding hydrogens is 364 g/mol. The van der Waals surface area contributed by atoms with Gasteiger partial charge in [0.15, 0.2) is 0 Å². The van der Waals surface area contributed by atoms with Gasteiger partial charge in [0.05, 0.1) is 6.61 Å². The molecule has 28 heavy (non-hydrogen) atoms. The Morgan fingerprint density at radius 2 is 1.61 bits per heavy atom. The van der Waals surface area contributed by atoms with Crippen molar-refractivity contribution >= 4 is 12.2 Å². The summed E-state index contributed by atoms with van der Waals surface area (Å²) in [5.41, 5.74) is 2.66. The molecule has 1 saturated heterocycles. The number of aliphatic hydroxyl groups excluding tert-OH is 4. The minimum atomic E-state index is -1.49. The number of ether oxygens (including phenoxy) is 2. The summed E-state index contributed by atoms with van der Waals surface area (Å²) in [5.74, 6) is 0.609. The Labute approximate surface area is 162 Å². The Balaban J connectivity index is 1.76. The Morgan fingerprint density at radius 1 is 0.929 bits per heavy atom. The van der Waals surface area contributed by atoms with Gasteiger partial charge in [-0.25, -0.2) is 0 Å². The van der Waals surface area contributed by atoms with Gasteiger partial charge in [-0.2, -0.15) is 0 Å². The van der Waals surface area contributed by atoms with Crippen LogP contribution in [-0.4, -0.2) is 62.8 Å². The highest BCUT2D eigenvalue weighted by atomic mass is 16.7. The minimum absolute atomic E-state index is 0.197. The van der Waals surface area contributed by atoms with Gasteiger partial charge in [0.25, 0.3) is 0 Å². The summed E-state index contributed by atoms with van der Waals surface area (Å²) in [6.07, 6.45) is -2.89. The molecule has 1 fully saturated rings. The first-order valence-corrected chi connectivity index (χ1v) is 8.93. The first-order chi connectivity index (χ1) is 13.4. The molecule has 0 spiro atoms. The van der Waals surface area contributed by atoms with Crippen LogP contribution in [0.15, 0.2) is 42.5 Å². The van der Waals surface area contributed by atoms with Crippen molar-refractivity contribution in [1.29, 1.82) is 0 Å². The van der Waals surface area contributed by atoms with E-state index < -0.39 is 37.3 Å². The van der Waals surface area contributed by atoms with Crippen LogP contribution < -0.4 is 4.74 Å². The van der Waals surface area contributed by atoms with E-state index in [1.54, 1.807) is 36.4 Å². The summed E-state index contributed by atoms with van der Waals surface area (Å²) in [5, 5.41) is 48.5. The van der Waals surface area contributed by atoms with Gasteiger partial charge in [-0.05, 0) is 47.9 Å². The molecule has 5 atom stereocenters. The lowest BCUT2D eigenvalue weighted by atomic mass is 9.99. The van der Waals surface area contributed by atoms with Gasteiger partial charge < -0.3 is 35.0 Å². The molecule has 0 saturated carbocycles. The summed E-state index contributed by atoms with van der Waals surface area (Å²) in [6, 6.07) is 12.2. The molecule has 5 N–H and O–H groups in total. The molecule has 7 nitrogen and oxygen atoms in total. The fourth-order valence-corrected chi connectivity index (χ4v) is 3.02. The van der Waals surface area contributed by atoms with Crippen molar-refractivity contribution in [1.82, 2.24) is 0 Å². The fourth-order valence-electron chi connectivity index (χ4n) is 3.02. The Morgan fingerprint density at radius 3 is 2.29 bits per heavy atom. The van der Waals surface area contributed by atoms with Crippen LogP contribution in [0.3, 0.4) is 0 Å². The maximum Gasteiger partial charge on any atom is 0.229 e. The summed E-state index contributed by atoms with van der Waals surface area (Å²) >= 11 is 0. The molecule has 7 heteroatoms. The molecular formula is C21H24O7. The third kappa shape index (κ3) is 4.70. The van der Waals surface area contributed by atoms with Crippen LogP contribution in [0.1, 0.15) is 16.7 Å². The predicted octanol–water partition coefficient (Wildman–Crippen LogP) is 1.05. The van der Waals surface area contributed by atoms with E-state index in [1.165, 1.54) is 0 Å². The Kier molecular flexibility index (Phi) is 6.33. The maximum absolute atomic E-state index is 10.1. The standard InChI is InChI=1S/C21H24O7/c1-12-8-14(3-2-13-4-6-15(23)7-5-13)10-16(9-12)27-21-20(26)19(25)18(24)17(11-22)28-21/h2-10,17-26H,11H2,1H3. The van der Waals surface area contributed by atoms with E-state index in [2.05, 4.69) is 0 Å². The molecule has 2 aromatic rings. The second kappa shape index (κ2) is 8.72. The summed E-state index contributed by atoms with van der Waals surface area (Å²) in [4.78, 5) is 0. The van der Waals surface area contributed by atoms with Crippen LogP contribution in [0.4, 0.5) is 0 Å². The lowest BCUT2D eigenvalue weighted by Crippen LogP contribution is -2.60. The second-order valence-corrected chi connectivity index (χ2v) is 6.82. The van der Waals surface area contributed by atoms with Crippen LogP contribution in [-0.2, 0) is 4.74 Å². The number of aromatic hydroxyl groups is 1. The van der Waals surface area contributed by atoms with Gasteiger partial charge >= 0.3 is 0 Å². The average Bonchev–Trinajstić information content (AvgIpc) is 2.67. The van der Waals surface area contributed by atoms with Gasteiger partial charge in [-0.3, -0.25) is 0 Å². The van der Waals surface area contributed by atoms with Gasteiger partial charge in [0, 0.05) is 0 Å². The number of hydrogen-bond donors (Lipinski definition) is 5. The zero-order chi connectivity index (χ0) is 20.3. The largest absolute Gasteiger partial charge is 0.508 e. The van der Waals surface area contributed by atoms with Gasteiger partial charge in [0.2, 0.25) is 6.29 Å². The highest BCUT2D eigenvalue weighted by Crippen LogP contribution is 2.26. The molecule has 0 aliphatic carbocycles. The molecule has 5 unspecified atom stereocenters. The smallest absolute Gasteiger partial charge is 0.229 e. The Bertz CT molecular complexity index is 816. The van der Waals surface area contributed by atoms with E-state index in [0.717, 1.165) is 16.7 Å². The van der Waals surface area contributed by atoms with Crippen LogP contribution in [0, 0.1) is 6.92 Å². The van der Waals surface area contributed by atoms with E-state index in [9.17, 15) is 25.5 Å². The lowest BCUT2D eigenvalue weighted by molar-refractivity contribution is -0.277. The van der Waals surface area contributed by atoms with Crippen LogP contribution in [0.5, 0.6) is 11.5 Å². The van der Waals surface area contributed by atoms with Crippen molar-refractivity contribution in [3.8, 4) is 11.5 Å². The third-order valence-corrected chi connectivity index (χ3v) is 4.54. The van der Waals surface area contributed by atoms with E-state index >= 15 is 0 Å². The van der Waals surface area contributed by atoms with Crippen molar-refractivity contribution in [2.45, 2.75) is 37.6 Å². The SMILES string of the molecule is Cc1cc(C=Cc2ccc(O)cc2)cc(OC2OC(CO)C(O)C(O)C2O)c1. The predicted molar refractivity (Wildman–Crippen MR) is 103 cm³/mol. The van der Waals surface area contributed by atoms with E-state index in [-0.39, 0.29) is 5.75 Å². The molecule has 1 aliphatic rings. The highest BCUT2D eigenvalue weighted by molar-refractivity contribution is 5.70. The lowest BCUT2D eigenvalue weighted by Gasteiger charge is -2.39. The molecule has 1 aliphatic heterocycles. The number of aryl methyl sites for hydroxylation is 1. The molecule has 1 heterocycles. The Hall–Kier alpha value is -2.42. The number of phenolic OH excluding ortho intramolecular Hbond substituents is 1. The third-order valence-electron chi connectivity index (χ3n) is 4.54. The van der Waals surface area contributed by atoms with Crippen LogP contribution in [0.25, 0.3) is 12.2 Å². The number of rotatable bonds is 5. The van der Waals surface area contributed by atoms with Crippen molar-refractivity contribution < 1.29 is 35.0 Å². The van der Waals surface area contributed by atoms with Crippen LogP contribution >= 0.6 is 0 Å². The van der Waals surface area contributed by atoms with Crippen molar-refractivity contribution in [2.24, 2.45) is 0 Å². The quantitative estimate of drug-likeness (QED) is 0.486. The normalized spacial score (nSPS) is 27.8. The number of benzene rings is 2. The molecule has 2 aromatic carbocycles. The molecule has 150 valence electrons. The monoisotopic (exact) mass is 388 g/mol. The van der Waals surface area contributed by atoms with E-state index in [1.807, 2.05) is 25.1 Å². The van der Waals surface area contributed by atoms with Gasteiger partial charge in [-0.15, -0.1) is 0 Å². The van der Waals surface area contributed by atoms with Crippen molar-refractivity contribution in [2.75, 3.05) is 6.61 Å². The summed E-state index contributed by atoms with van der Waals surface area (Å²) in [6.45, 7) is 1.37. The minimum Gasteiger partial charge on any atom is -0.508 e. The molecule has 0 bridgehead atoms. The van der Waals surface area contributed by atoms with Crippen molar-refractivity contribution in [3.05, 3.63) is 59.2 Å². The summed E-state index contributed by atoms with van der Waals surface area (Å²) in [7, 11) is 0. The number of hydrogen-bond acceptors (Lipinski definition) is 7. The molecule has 0 amide bonds. The van der Waals surface area contributed by atoms with E-state index in [4.69, 9.17) is 9.47 Å². The maximum atomic E-state index is 10.1. The van der Waals surface area contributed by atoms with Crippen LogP contribution in [0.2, 0.25) is 0 Å². The first-order valence-electron chi connectivity index (χ1n) is 8.93. The van der Waals surface area contributed by atoms with E-state index in [0.29, 0.717) is 5.75 Å². The zero-order valence-electron chi connectivity index (χ0n) is 15.3. The molecule has 0 aromatic heterocycles. The topological polar surface area (TPSA) is 120 Å². The molecule has 3 rings (SSSR count). The van der Waals surface area contributed by atoms with Gasteiger partial charge in [0.1, 0.15) is 35.9 Å². The highest BCUT2D eigenvalue weighted by Gasteiger charge is 2.44. The second-order valence-electron chi connectivity index (χ2n) is 6.82. The molecule has 0 radical (unpaired) electrons. The average molecular weight is 388 g/mol. The number of phenols is 1.